The summed E-state index contributed by atoms with van der Waals surface area (Å²) in [6.45, 7) is 13.8. The van der Waals surface area contributed by atoms with Gasteiger partial charge in [0.25, 0.3) is 0 Å². The molecule has 1 heterocycles. The van der Waals surface area contributed by atoms with Crippen LogP contribution in [0.2, 0.25) is 0 Å². The van der Waals surface area contributed by atoms with Crippen molar-refractivity contribution in [2.24, 2.45) is 11.1 Å². The van der Waals surface area contributed by atoms with Crippen molar-refractivity contribution in [1.82, 2.24) is 10.2 Å². The van der Waals surface area contributed by atoms with Crippen molar-refractivity contribution in [2.45, 2.75) is 65.5 Å². The predicted octanol–water partition coefficient (Wildman–Crippen LogP) is 1.74. The van der Waals surface area contributed by atoms with E-state index >= 15 is 0 Å². The van der Waals surface area contributed by atoms with Crippen molar-refractivity contribution >= 4 is 5.91 Å². The Kier molecular flexibility index (Phi) is 5.39. The fourth-order valence-electron chi connectivity index (χ4n) is 3.02. The molecule has 0 saturated carbocycles. The van der Waals surface area contributed by atoms with E-state index in [-0.39, 0.29) is 11.9 Å². The summed E-state index contributed by atoms with van der Waals surface area (Å²) in [5, 5.41) is 3.31. The quantitative estimate of drug-likeness (QED) is 0.772. The number of nitrogens with zero attached hydrogens (tertiary/aromatic N) is 1. The van der Waals surface area contributed by atoms with E-state index in [0.29, 0.717) is 5.41 Å². The minimum Gasteiger partial charge on any atom is -0.368 e. The summed E-state index contributed by atoms with van der Waals surface area (Å²) in [4.78, 5) is 14.2. The highest BCUT2D eigenvalue weighted by molar-refractivity contribution is 5.84. The molecule has 4 nitrogen and oxygen atoms in total. The molecule has 1 amide bonds. The van der Waals surface area contributed by atoms with Gasteiger partial charge in [0, 0.05) is 19.1 Å². The third-order valence-electron chi connectivity index (χ3n) is 4.06. The van der Waals surface area contributed by atoms with Gasteiger partial charge in [-0.25, -0.2) is 0 Å². The molecule has 0 aromatic heterocycles. The highest BCUT2D eigenvalue weighted by Gasteiger charge is 2.33. The smallest absolute Gasteiger partial charge is 0.237 e. The van der Waals surface area contributed by atoms with Gasteiger partial charge in [-0.15, -0.1) is 0 Å². The topological polar surface area (TPSA) is 58.4 Å². The molecule has 1 saturated heterocycles. The molecule has 1 rings (SSSR count). The maximum absolute atomic E-state index is 11.7. The van der Waals surface area contributed by atoms with Crippen LogP contribution in [0.4, 0.5) is 0 Å². The van der Waals surface area contributed by atoms with Crippen LogP contribution in [0.1, 0.15) is 53.9 Å². The summed E-state index contributed by atoms with van der Waals surface area (Å²) in [5.74, 6) is -0.252. The van der Waals surface area contributed by atoms with Gasteiger partial charge in [-0.05, 0) is 52.0 Å². The highest BCUT2D eigenvalue weighted by atomic mass is 16.1. The zero-order valence-corrected chi connectivity index (χ0v) is 13.3. The third kappa shape index (κ3) is 5.11. The molecule has 0 spiro atoms. The molecule has 3 N–H and O–H groups in total. The Balaban J connectivity index is 2.54. The molecule has 1 aliphatic rings. The van der Waals surface area contributed by atoms with Gasteiger partial charge >= 0.3 is 0 Å². The van der Waals surface area contributed by atoms with Crippen LogP contribution in [-0.4, -0.2) is 42.0 Å². The van der Waals surface area contributed by atoms with Crippen LogP contribution in [0.5, 0.6) is 0 Å². The zero-order valence-electron chi connectivity index (χ0n) is 13.3. The average molecular weight is 269 g/mol. The molecular formula is C15H31N3O. The number of amides is 1. The fraction of sp³-hybridized carbons (Fsp3) is 0.933. The molecule has 0 bridgehead atoms. The summed E-state index contributed by atoms with van der Waals surface area (Å²) in [6.07, 6.45) is 3.31. The van der Waals surface area contributed by atoms with Crippen molar-refractivity contribution in [2.75, 3.05) is 19.6 Å². The standard InChI is InChI=1S/C15H31N3O/c1-12(2)17-15(5,13(16)19)8-10-18-9-6-7-14(3,4)11-18/h12,17H,6-11H2,1-5H3,(H2,16,19). The van der Waals surface area contributed by atoms with Crippen molar-refractivity contribution in [3.63, 3.8) is 0 Å². The van der Waals surface area contributed by atoms with E-state index in [4.69, 9.17) is 5.73 Å². The minimum absolute atomic E-state index is 0.252. The Morgan fingerprint density at radius 1 is 1.47 bits per heavy atom. The molecule has 19 heavy (non-hydrogen) atoms. The van der Waals surface area contributed by atoms with E-state index in [1.807, 2.05) is 20.8 Å². The number of piperidine rings is 1. The van der Waals surface area contributed by atoms with E-state index in [9.17, 15) is 4.79 Å². The maximum Gasteiger partial charge on any atom is 0.237 e. The molecule has 1 aliphatic heterocycles. The number of primary amides is 1. The molecular weight excluding hydrogens is 238 g/mol. The zero-order chi connectivity index (χ0) is 14.7. The number of rotatable bonds is 6. The van der Waals surface area contributed by atoms with Crippen LogP contribution in [0.25, 0.3) is 0 Å². The van der Waals surface area contributed by atoms with Crippen LogP contribution < -0.4 is 11.1 Å². The maximum atomic E-state index is 11.7. The summed E-state index contributed by atoms with van der Waals surface area (Å²) in [6, 6.07) is 0.260. The molecule has 0 radical (unpaired) electrons. The van der Waals surface area contributed by atoms with Crippen molar-refractivity contribution < 1.29 is 4.79 Å². The Hall–Kier alpha value is -0.610. The third-order valence-corrected chi connectivity index (χ3v) is 4.06. The number of hydrogen-bond acceptors (Lipinski definition) is 3. The number of nitrogens with two attached hydrogens (primary N) is 1. The van der Waals surface area contributed by atoms with Gasteiger partial charge in [-0.2, -0.15) is 0 Å². The SMILES string of the molecule is CC(C)NC(C)(CCN1CCCC(C)(C)C1)C(N)=O. The Morgan fingerprint density at radius 2 is 2.11 bits per heavy atom. The lowest BCUT2D eigenvalue weighted by atomic mass is 9.83. The molecule has 112 valence electrons. The lowest BCUT2D eigenvalue weighted by molar-refractivity contribution is -0.124. The first-order valence-corrected chi connectivity index (χ1v) is 7.45. The van der Waals surface area contributed by atoms with Gasteiger partial charge in [0.15, 0.2) is 0 Å². The number of carbonyl (C=O) groups is 1. The molecule has 4 heteroatoms. The van der Waals surface area contributed by atoms with Gasteiger partial charge < -0.3 is 16.0 Å². The van der Waals surface area contributed by atoms with E-state index in [2.05, 4.69) is 24.1 Å². The Bertz CT molecular complexity index is 315. The Morgan fingerprint density at radius 3 is 2.58 bits per heavy atom. The first kappa shape index (κ1) is 16.4. The summed E-state index contributed by atoms with van der Waals surface area (Å²) in [5.41, 5.74) is 5.36. The van der Waals surface area contributed by atoms with Crippen LogP contribution in [-0.2, 0) is 4.79 Å². The van der Waals surface area contributed by atoms with E-state index < -0.39 is 5.54 Å². The van der Waals surface area contributed by atoms with Gasteiger partial charge in [-0.3, -0.25) is 4.79 Å². The van der Waals surface area contributed by atoms with Crippen LogP contribution in [0.3, 0.4) is 0 Å². The molecule has 1 atom stereocenters. The minimum atomic E-state index is -0.601. The summed E-state index contributed by atoms with van der Waals surface area (Å²) >= 11 is 0. The first-order chi connectivity index (χ1) is 8.65. The van der Waals surface area contributed by atoms with Crippen molar-refractivity contribution in [1.29, 1.82) is 0 Å². The van der Waals surface area contributed by atoms with E-state index in [0.717, 1.165) is 26.1 Å². The lowest BCUT2D eigenvalue weighted by Gasteiger charge is -2.40. The highest BCUT2D eigenvalue weighted by Crippen LogP contribution is 2.28. The second-order valence-corrected chi connectivity index (χ2v) is 7.29. The van der Waals surface area contributed by atoms with E-state index in [1.54, 1.807) is 0 Å². The summed E-state index contributed by atoms with van der Waals surface area (Å²) in [7, 11) is 0. The largest absolute Gasteiger partial charge is 0.368 e. The number of nitrogens with one attached hydrogen (secondary N) is 1. The Labute approximate surface area is 118 Å². The van der Waals surface area contributed by atoms with Gasteiger partial charge in [0.2, 0.25) is 5.91 Å². The predicted molar refractivity (Wildman–Crippen MR) is 79.9 cm³/mol. The fourth-order valence-corrected chi connectivity index (χ4v) is 3.02. The number of hydrogen-bond donors (Lipinski definition) is 2. The first-order valence-electron chi connectivity index (χ1n) is 7.45. The molecule has 1 unspecified atom stereocenters. The molecule has 1 fully saturated rings. The summed E-state index contributed by atoms with van der Waals surface area (Å²) < 4.78 is 0. The second kappa shape index (κ2) is 6.23. The van der Waals surface area contributed by atoms with Gasteiger partial charge in [0.1, 0.15) is 0 Å². The van der Waals surface area contributed by atoms with Gasteiger partial charge in [-0.1, -0.05) is 13.8 Å². The van der Waals surface area contributed by atoms with Crippen LogP contribution >= 0.6 is 0 Å². The van der Waals surface area contributed by atoms with Crippen molar-refractivity contribution in [3.8, 4) is 0 Å². The normalized spacial score (nSPS) is 23.3. The molecule has 0 aromatic carbocycles. The number of likely N-dealkylation sites (tertiary alicyclic amines) is 1. The van der Waals surface area contributed by atoms with Crippen LogP contribution in [0, 0.1) is 5.41 Å². The molecule has 0 aliphatic carbocycles. The second-order valence-electron chi connectivity index (χ2n) is 7.29. The van der Waals surface area contributed by atoms with Crippen molar-refractivity contribution in [3.05, 3.63) is 0 Å². The monoisotopic (exact) mass is 269 g/mol. The van der Waals surface area contributed by atoms with Crippen LogP contribution in [0.15, 0.2) is 0 Å². The van der Waals surface area contributed by atoms with Gasteiger partial charge in [0.05, 0.1) is 5.54 Å². The lowest BCUT2D eigenvalue weighted by Crippen LogP contribution is -2.57. The number of carbonyl (C=O) groups excluding carboxylic acids is 1. The van der Waals surface area contributed by atoms with E-state index in [1.165, 1.54) is 12.8 Å². The average Bonchev–Trinajstić information content (AvgIpc) is 2.24. The molecule has 0 aromatic rings.